The number of carbonyl (C=O) groups excluding carboxylic acids is 1. The average molecular weight is 180 g/mol. The van der Waals surface area contributed by atoms with Gasteiger partial charge in [-0.2, -0.15) is 0 Å². The lowest BCUT2D eigenvalue weighted by Crippen LogP contribution is -1.98. The van der Waals surface area contributed by atoms with Crippen LogP contribution in [0.4, 0.5) is 0 Å². The molecule has 0 atom stereocenters. The topological polar surface area (TPSA) is 26.3 Å². The van der Waals surface area contributed by atoms with E-state index in [-0.39, 0.29) is 0 Å². The molecule has 13 heavy (non-hydrogen) atoms. The van der Waals surface area contributed by atoms with E-state index < -0.39 is 0 Å². The molecule has 0 spiro atoms. The van der Waals surface area contributed by atoms with Gasteiger partial charge in [0.25, 0.3) is 6.47 Å². The van der Waals surface area contributed by atoms with Crippen LogP contribution in [-0.2, 0) is 9.53 Å². The molecule has 0 N–H and O–H groups in total. The van der Waals surface area contributed by atoms with Crippen molar-refractivity contribution in [1.82, 2.24) is 0 Å². The molecule has 0 fully saturated rings. The summed E-state index contributed by atoms with van der Waals surface area (Å²) < 4.78 is 4.41. The van der Waals surface area contributed by atoms with Crippen LogP contribution in [0.5, 0.6) is 0 Å². The van der Waals surface area contributed by atoms with Gasteiger partial charge in [-0.3, -0.25) is 4.79 Å². The van der Waals surface area contributed by atoms with Crippen molar-refractivity contribution in [1.29, 1.82) is 0 Å². The standard InChI is InChI=1S/C6H6.C5H10O2/c1-2-4-6-5-3-1;1-5(2)3-7-4-6/h1-6H;4-5H,3H2,1-2H3. The van der Waals surface area contributed by atoms with Crippen LogP contribution in [0.15, 0.2) is 36.4 Å². The second-order valence-corrected chi connectivity index (χ2v) is 2.98. The fourth-order valence-electron chi connectivity index (χ4n) is 0.617. The Balaban J connectivity index is 0.000000223. The van der Waals surface area contributed by atoms with E-state index in [0.717, 1.165) is 0 Å². The van der Waals surface area contributed by atoms with Gasteiger partial charge in [0.05, 0.1) is 6.61 Å². The van der Waals surface area contributed by atoms with Gasteiger partial charge >= 0.3 is 0 Å². The lowest BCUT2D eigenvalue weighted by atomic mass is 10.2. The molecule has 0 heterocycles. The second-order valence-electron chi connectivity index (χ2n) is 2.98. The smallest absolute Gasteiger partial charge is 0.293 e. The first kappa shape index (κ1) is 11.7. The summed E-state index contributed by atoms with van der Waals surface area (Å²) in [6.07, 6.45) is 0. The zero-order chi connectivity index (χ0) is 9.94. The molecule has 0 saturated heterocycles. The van der Waals surface area contributed by atoms with E-state index >= 15 is 0 Å². The first-order valence-corrected chi connectivity index (χ1v) is 4.32. The molecule has 0 saturated carbocycles. The van der Waals surface area contributed by atoms with Crippen LogP contribution < -0.4 is 0 Å². The lowest BCUT2D eigenvalue weighted by Gasteiger charge is -1.98. The average Bonchev–Trinajstić information content (AvgIpc) is 2.18. The van der Waals surface area contributed by atoms with Crippen molar-refractivity contribution in [2.75, 3.05) is 6.61 Å². The minimum atomic E-state index is 0.449. The largest absolute Gasteiger partial charge is 0.468 e. The van der Waals surface area contributed by atoms with Crippen LogP contribution in [0, 0.1) is 5.92 Å². The number of ether oxygens (including phenoxy) is 1. The van der Waals surface area contributed by atoms with Crippen molar-refractivity contribution in [3.63, 3.8) is 0 Å². The normalized spacial score (nSPS) is 8.54. The fraction of sp³-hybridized carbons (Fsp3) is 0.364. The van der Waals surface area contributed by atoms with Gasteiger partial charge < -0.3 is 4.74 Å². The van der Waals surface area contributed by atoms with Gasteiger partial charge in [-0.25, -0.2) is 0 Å². The first-order chi connectivity index (χ1) is 6.27. The summed E-state index contributed by atoms with van der Waals surface area (Å²) in [5, 5.41) is 0. The quantitative estimate of drug-likeness (QED) is 0.668. The molecule has 0 radical (unpaired) electrons. The maximum atomic E-state index is 9.49. The molecule has 1 rings (SSSR count). The van der Waals surface area contributed by atoms with E-state index in [1.165, 1.54) is 0 Å². The van der Waals surface area contributed by atoms with Gasteiger partial charge in [-0.1, -0.05) is 50.2 Å². The summed E-state index contributed by atoms with van der Waals surface area (Å²) in [7, 11) is 0. The Morgan fingerprint density at radius 2 is 1.46 bits per heavy atom. The molecule has 0 aliphatic rings. The fourth-order valence-corrected chi connectivity index (χ4v) is 0.617. The molecule has 72 valence electrons. The van der Waals surface area contributed by atoms with E-state index in [1.807, 2.05) is 50.2 Å². The van der Waals surface area contributed by atoms with Crippen molar-refractivity contribution < 1.29 is 9.53 Å². The highest BCUT2D eigenvalue weighted by Crippen LogP contribution is 1.88. The third kappa shape index (κ3) is 10.7. The zero-order valence-electron chi connectivity index (χ0n) is 8.14. The number of hydrogen-bond acceptors (Lipinski definition) is 2. The van der Waals surface area contributed by atoms with Crippen molar-refractivity contribution >= 4 is 6.47 Å². The van der Waals surface area contributed by atoms with E-state index in [1.54, 1.807) is 0 Å². The van der Waals surface area contributed by atoms with Crippen LogP contribution in [0.1, 0.15) is 13.8 Å². The number of rotatable bonds is 3. The third-order valence-electron chi connectivity index (χ3n) is 1.16. The summed E-state index contributed by atoms with van der Waals surface area (Å²) in [4.78, 5) is 9.49. The van der Waals surface area contributed by atoms with Crippen LogP contribution in [0.2, 0.25) is 0 Å². The third-order valence-corrected chi connectivity index (χ3v) is 1.16. The minimum absolute atomic E-state index is 0.449. The van der Waals surface area contributed by atoms with Gasteiger partial charge in [-0.05, 0) is 5.92 Å². The Bertz CT molecular complexity index is 168. The predicted molar refractivity (Wildman–Crippen MR) is 53.3 cm³/mol. The summed E-state index contributed by atoms with van der Waals surface area (Å²) in [6, 6.07) is 12.0. The van der Waals surface area contributed by atoms with Crippen LogP contribution >= 0.6 is 0 Å². The van der Waals surface area contributed by atoms with Crippen LogP contribution in [-0.4, -0.2) is 13.1 Å². The van der Waals surface area contributed by atoms with Crippen molar-refractivity contribution in [2.24, 2.45) is 5.92 Å². The van der Waals surface area contributed by atoms with Crippen molar-refractivity contribution in [3.8, 4) is 0 Å². The highest BCUT2D eigenvalue weighted by Gasteiger charge is 1.88. The highest BCUT2D eigenvalue weighted by atomic mass is 16.5. The van der Waals surface area contributed by atoms with Crippen LogP contribution in [0.3, 0.4) is 0 Å². The van der Waals surface area contributed by atoms with Gasteiger partial charge in [0.15, 0.2) is 0 Å². The van der Waals surface area contributed by atoms with E-state index in [2.05, 4.69) is 4.74 Å². The Kier molecular flexibility index (Phi) is 7.90. The minimum Gasteiger partial charge on any atom is -0.468 e. The Labute approximate surface area is 79.5 Å². The Morgan fingerprint density at radius 1 is 1.08 bits per heavy atom. The summed E-state index contributed by atoms with van der Waals surface area (Å²) in [5.74, 6) is 0.449. The van der Waals surface area contributed by atoms with E-state index in [4.69, 9.17) is 0 Å². The predicted octanol–water partition coefficient (Wildman–Crippen LogP) is 2.50. The highest BCUT2D eigenvalue weighted by molar-refractivity contribution is 5.36. The molecule has 0 aliphatic carbocycles. The molecule has 0 aliphatic heterocycles. The molecule has 0 unspecified atom stereocenters. The van der Waals surface area contributed by atoms with Crippen molar-refractivity contribution in [2.45, 2.75) is 13.8 Å². The molecule has 1 aromatic rings. The Hall–Kier alpha value is -1.31. The van der Waals surface area contributed by atoms with Gasteiger partial charge in [0, 0.05) is 0 Å². The molecule has 0 bridgehead atoms. The monoisotopic (exact) mass is 180 g/mol. The van der Waals surface area contributed by atoms with Crippen LogP contribution in [0.25, 0.3) is 0 Å². The maximum Gasteiger partial charge on any atom is 0.293 e. The first-order valence-electron chi connectivity index (χ1n) is 4.32. The maximum absolute atomic E-state index is 9.49. The zero-order valence-corrected chi connectivity index (χ0v) is 8.14. The van der Waals surface area contributed by atoms with Gasteiger partial charge in [0.1, 0.15) is 0 Å². The molecule has 1 aromatic carbocycles. The summed E-state index contributed by atoms with van der Waals surface area (Å²) in [5.41, 5.74) is 0. The molecule has 0 amide bonds. The molecular weight excluding hydrogens is 164 g/mol. The lowest BCUT2D eigenvalue weighted by molar-refractivity contribution is -0.129. The molecular formula is C11H16O2. The van der Waals surface area contributed by atoms with Gasteiger partial charge in [-0.15, -0.1) is 0 Å². The van der Waals surface area contributed by atoms with E-state index in [9.17, 15) is 4.79 Å². The van der Waals surface area contributed by atoms with Gasteiger partial charge in [0.2, 0.25) is 0 Å². The van der Waals surface area contributed by atoms with Crippen molar-refractivity contribution in [3.05, 3.63) is 36.4 Å². The number of carbonyl (C=O) groups is 1. The summed E-state index contributed by atoms with van der Waals surface area (Å²) >= 11 is 0. The number of benzene rings is 1. The molecule has 2 heteroatoms. The number of hydrogen-bond donors (Lipinski definition) is 0. The second kappa shape index (κ2) is 8.78. The SMILES string of the molecule is CC(C)COC=O.c1ccccc1. The molecule has 0 aromatic heterocycles. The molecule has 2 nitrogen and oxygen atoms in total. The Morgan fingerprint density at radius 3 is 1.62 bits per heavy atom. The van der Waals surface area contributed by atoms with E-state index in [0.29, 0.717) is 19.0 Å². The summed E-state index contributed by atoms with van der Waals surface area (Å²) in [6.45, 7) is 4.98.